The summed E-state index contributed by atoms with van der Waals surface area (Å²) in [5, 5.41) is 0. The van der Waals surface area contributed by atoms with Crippen LogP contribution in [0.1, 0.15) is 163 Å². The largest absolute Gasteiger partial charge is 0.465 e. The zero-order valence-corrected chi connectivity index (χ0v) is 32.8. The number of Topliss-reactive ketones (excluding diaryl/α,β-unsaturated/α-hetero) is 7. The number of hydrogen-bond acceptors (Lipinski definition) is 10. The zero-order valence-electron chi connectivity index (χ0n) is 32.8. The average molecular weight is 739 g/mol. The van der Waals surface area contributed by atoms with Crippen molar-refractivity contribution in [2.24, 2.45) is 34.5 Å². The molecule has 0 amide bonds. The van der Waals surface area contributed by atoms with E-state index in [9.17, 15) is 43.2 Å². The molecule has 10 heteroatoms. The Morgan fingerprint density at radius 3 is 1.49 bits per heavy atom. The first-order valence-corrected chi connectivity index (χ1v) is 20.1. The molecule has 0 radical (unpaired) electrons. The van der Waals surface area contributed by atoms with Crippen molar-refractivity contribution in [1.29, 1.82) is 0 Å². The van der Waals surface area contributed by atoms with E-state index in [1.165, 1.54) is 5.57 Å². The number of carbonyl (C=O) groups excluding carboxylic acids is 9. The Morgan fingerprint density at radius 2 is 1.06 bits per heavy atom. The monoisotopic (exact) mass is 738 g/mol. The van der Waals surface area contributed by atoms with Gasteiger partial charge in [0.2, 0.25) is 0 Å². The van der Waals surface area contributed by atoms with Crippen molar-refractivity contribution in [2.45, 2.75) is 163 Å². The maximum atomic E-state index is 12.3. The molecule has 0 aromatic carbocycles. The van der Waals surface area contributed by atoms with E-state index in [1.807, 2.05) is 20.8 Å². The smallest absolute Gasteiger partial charge is 0.317 e. The van der Waals surface area contributed by atoms with Crippen molar-refractivity contribution >= 4 is 52.2 Å². The second-order valence-corrected chi connectivity index (χ2v) is 16.2. The number of esters is 1. The summed E-state index contributed by atoms with van der Waals surface area (Å²) < 4.78 is 5.07. The highest BCUT2D eigenvalue weighted by Gasteiger charge is 2.54. The van der Waals surface area contributed by atoms with Crippen molar-refractivity contribution in [3.63, 3.8) is 0 Å². The molecule has 5 aliphatic rings. The minimum atomic E-state index is -0.831. The summed E-state index contributed by atoms with van der Waals surface area (Å²) in [6.45, 7) is 9.19. The van der Waals surface area contributed by atoms with Crippen LogP contribution in [-0.4, -0.2) is 58.8 Å². The number of ketones is 8. The summed E-state index contributed by atoms with van der Waals surface area (Å²) in [5.74, 6) is -0.0177. The average Bonchev–Trinajstić information content (AvgIpc) is 3.11. The third-order valence-corrected chi connectivity index (χ3v) is 12.4. The van der Waals surface area contributed by atoms with Crippen LogP contribution in [0.25, 0.3) is 0 Å². The maximum Gasteiger partial charge on any atom is 0.317 e. The fraction of sp³-hybridized carbons (Fsp3) is 0.744. The van der Waals surface area contributed by atoms with Crippen LogP contribution in [0.4, 0.5) is 0 Å². The van der Waals surface area contributed by atoms with Gasteiger partial charge in [-0.2, -0.15) is 0 Å². The number of allylic oxidation sites excluding steroid dienone is 2. The molecule has 0 saturated heterocycles. The van der Waals surface area contributed by atoms with Gasteiger partial charge < -0.3 is 4.74 Å². The SMILES string of the molecule is CCC(=O)C1CCC(=CC(C)=O)CC1.CCC(=O)C1CCC2(CC1)CC(=O)CC(=O)C2.CCOC(=O)C1C(=O)CC(=O)CC12CCC(C(=O)CC)CC2. The van der Waals surface area contributed by atoms with Gasteiger partial charge in [0.25, 0.3) is 0 Å². The summed E-state index contributed by atoms with van der Waals surface area (Å²) in [6.07, 6.45) is 14.5. The topological polar surface area (TPSA) is 163 Å². The Balaban J connectivity index is 0.000000220. The molecule has 0 aromatic heterocycles. The quantitative estimate of drug-likeness (QED) is 0.132. The highest BCUT2D eigenvalue weighted by molar-refractivity contribution is 6.11. The predicted molar refractivity (Wildman–Crippen MR) is 199 cm³/mol. The fourth-order valence-electron chi connectivity index (χ4n) is 9.54. The Bertz CT molecular complexity index is 1410. The molecule has 0 heterocycles. The molecular formula is C43H62O10. The van der Waals surface area contributed by atoms with Crippen LogP contribution in [0.3, 0.4) is 0 Å². The Labute approximate surface area is 315 Å². The normalized spacial score (nSPS) is 24.4. The van der Waals surface area contributed by atoms with Gasteiger partial charge in [-0.1, -0.05) is 26.3 Å². The molecule has 2 spiro atoms. The first-order valence-electron chi connectivity index (χ1n) is 20.1. The molecule has 0 bridgehead atoms. The lowest BCUT2D eigenvalue weighted by Crippen LogP contribution is -2.50. The van der Waals surface area contributed by atoms with Gasteiger partial charge in [-0.3, -0.25) is 43.2 Å². The van der Waals surface area contributed by atoms with Gasteiger partial charge in [0.15, 0.2) is 11.6 Å². The maximum absolute atomic E-state index is 12.3. The zero-order chi connectivity index (χ0) is 39.3. The molecule has 0 aromatic rings. The van der Waals surface area contributed by atoms with Gasteiger partial charge >= 0.3 is 5.97 Å². The summed E-state index contributed by atoms with van der Waals surface area (Å²) in [5.41, 5.74) is 0.512. The predicted octanol–water partition coefficient (Wildman–Crippen LogP) is 7.39. The van der Waals surface area contributed by atoms with Crippen molar-refractivity contribution < 1.29 is 47.9 Å². The van der Waals surface area contributed by atoms with Crippen molar-refractivity contribution in [2.75, 3.05) is 6.61 Å². The summed E-state index contributed by atoms with van der Waals surface area (Å²) in [7, 11) is 0. The lowest BCUT2D eigenvalue weighted by molar-refractivity contribution is -0.163. The van der Waals surface area contributed by atoms with Crippen LogP contribution in [-0.2, 0) is 47.9 Å². The number of ether oxygens (including phenoxy) is 1. The van der Waals surface area contributed by atoms with Gasteiger partial charge in [0.1, 0.15) is 40.6 Å². The van der Waals surface area contributed by atoms with Crippen LogP contribution >= 0.6 is 0 Å². The molecule has 1 atom stereocenters. The van der Waals surface area contributed by atoms with Crippen molar-refractivity contribution in [1.82, 2.24) is 0 Å². The molecule has 294 valence electrons. The molecular weight excluding hydrogens is 676 g/mol. The van der Waals surface area contributed by atoms with Crippen molar-refractivity contribution in [3.8, 4) is 0 Å². The summed E-state index contributed by atoms with van der Waals surface area (Å²) in [4.78, 5) is 105. The van der Waals surface area contributed by atoms with Gasteiger partial charge in [-0.25, -0.2) is 0 Å². The van der Waals surface area contributed by atoms with Gasteiger partial charge in [0, 0.05) is 56.3 Å². The Kier molecular flexibility index (Phi) is 16.8. The molecule has 1 unspecified atom stereocenters. The lowest BCUT2D eigenvalue weighted by atomic mass is 9.57. The molecule has 0 aliphatic heterocycles. The van der Waals surface area contributed by atoms with Gasteiger partial charge in [-0.15, -0.1) is 0 Å². The summed E-state index contributed by atoms with van der Waals surface area (Å²) in [6, 6.07) is 0. The summed E-state index contributed by atoms with van der Waals surface area (Å²) >= 11 is 0. The first kappa shape index (κ1) is 44.0. The second-order valence-electron chi connectivity index (χ2n) is 16.2. The molecule has 53 heavy (non-hydrogen) atoms. The standard InChI is InChI=1S/C17H24O5.C14H20O3.C12H18O2/c1-3-13(19)11-5-7-17(8-6-11)10-12(18)9-14(20)15(17)16(21)22-4-2;1-2-13(17)10-3-5-14(6-4-10)8-11(15)7-12(16)9-14;1-3-12(14)11-6-4-10(5-7-11)8-9(2)13/h11,15H,3-10H2,1-2H3;10H,2-9H2,1H3;8,11H,3-7H2,1-2H3. The van der Waals surface area contributed by atoms with Crippen LogP contribution < -0.4 is 0 Å². The third kappa shape index (κ3) is 12.3. The van der Waals surface area contributed by atoms with Crippen LogP contribution in [0.5, 0.6) is 0 Å². The van der Waals surface area contributed by atoms with E-state index in [0.29, 0.717) is 69.4 Å². The van der Waals surface area contributed by atoms with E-state index in [1.54, 1.807) is 19.9 Å². The minimum Gasteiger partial charge on any atom is -0.465 e. The van der Waals surface area contributed by atoms with Gasteiger partial charge in [-0.05, 0) is 108 Å². The van der Waals surface area contributed by atoms with Crippen molar-refractivity contribution in [3.05, 3.63) is 11.6 Å². The Morgan fingerprint density at radius 1 is 0.623 bits per heavy atom. The highest BCUT2D eigenvalue weighted by atomic mass is 16.5. The van der Waals surface area contributed by atoms with E-state index in [0.717, 1.165) is 51.4 Å². The molecule has 5 rings (SSSR count). The lowest BCUT2D eigenvalue weighted by Gasteiger charge is -2.45. The van der Waals surface area contributed by atoms with Crippen LogP contribution in [0.15, 0.2) is 11.6 Å². The molecule has 5 fully saturated rings. The van der Waals surface area contributed by atoms with Crippen LogP contribution in [0, 0.1) is 34.5 Å². The Hall–Kier alpha value is -3.43. The third-order valence-electron chi connectivity index (χ3n) is 12.4. The van der Waals surface area contributed by atoms with E-state index in [4.69, 9.17) is 4.74 Å². The number of carbonyl (C=O) groups is 9. The second kappa shape index (κ2) is 20.3. The fourth-order valence-corrected chi connectivity index (χ4v) is 9.54. The first-order chi connectivity index (χ1) is 25.1. The minimum absolute atomic E-state index is 0.00519. The molecule has 5 saturated carbocycles. The van der Waals surface area contributed by atoms with E-state index >= 15 is 0 Å². The molecule has 0 N–H and O–H groups in total. The highest BCUT2D eigenvalue weighted by Crippen LogP contribution is 2.51. The van der Waals surface area contributed by atoms with E-state index in [-0.39, 0.29) is 83.7 Å². The molecule has 10 nitrogen and oxygen atoms in total. The van der Waals surface area contributed by atoms with Gasteiger partial charge in [0.05, 0.1) is 19.4 Å². The molecule has 5 aliphatic carbocycles. The number of rotatable bonds is 9. The van der Waals surface area contributed by atoms with E-state index in [2.05, 4.69) is 0 Å². The number of hydrogen-bond donors (Lipinski definition) is 0. The van der Waals surface area contributed by atoms with Crippen LogP contribution in [0.2, 0.25) is 0 Å². The van der Waals surface area contributed by atoms with E-state index < -0.39 is 17.3 Å².